The molecule has 96 valence electrons. The molecule has 6 heteroatoms. The van der Waals surface area contributed by atoms with Gasteiger partial charge in [0.25, 0.3) is 0 Å². The Morgan fingerprint density at radius 3 is 2.78 bits per heavy atom. The molecule has 0 spiro atoms. The van der Waals surface area contributed by atoms with E-state index in [1.165, 1.54) is 0 Å². The number of halogens is 2. The third kappa shape index (κ3) is 3.74. The smallest absolute Gasteiger partial charge is 0.145 e. The zero-order valence-corrected chi connectivity index (χ0v) is 12.8. The molecule has 0 fully saturated rings. The Kier molecular flexibility index (Phi) is 4.66. The lowest BCUT2D eigenvalue weighted by atomic mass is 10.3. The summed E-state index contributed by atoms with van der Waals surface area (Å²) in [6, 6.07) is 7.63. The predicted octanol–water partition coefficient (Wildman–Crippen LogP) is 3.46. The highest BCUT2D eigenvalue weighted by Gasteiger charge is 2.01. The van der Waals surface area contributed by atoms with Crippen molar-refractivity contribution < 1.29 is 4.74 Å². The lowest BCUT2D eigenvalue weighted by Crippen LogP contribution is -2.05. The molecule has 1 heterocycles. The van der Waals surface area contributed by atoms with Gasteiger partial charge in [-0.05, 0) is 40.2 Å². The first-order chi connectivity index (χ1) is 8.65. The molecule has 0 radical (unpaired) electrons. The Labute approximate surface area is 122 Å². The summed E-state index contributed by atoms with van der Waals surface area (Å²) in [7, 11) is 0. The van der Waals surface area contributed by atoms with Crippen LogP contribution >= 0.6 is 31.9 Å². The summed E-state index contributed by atoms with van der Waals surface area (Å²) in [5, 5.41) is 4.11. The first-order valence-corrected chi connectivity index (χ1v) is 7.10. The molecule has 0 saturated heterocycles. The molecule has 2 N–H and O–H groups in total. The molecule has 0 aliphatic carbocycles. The molecule has 0 amide bonds. The van der Waals surface area contributed by atoms with Crippen LogP contribution in [0.15, 0.2) is 39.4 Å². The van der Waals surface area contributed by atoms with Crippen molar-refractivity contribution in [3.05, 3.63) is 39.4 Å². The molecule has 0 atom stereocenters. The Balaban J connectivity index is 1.78. The average Bonchev–Trinajstić information content (AvgIpc) is 2.73. The number of rotatable bonds is 5. The molecule has 1 aromatic heterocycles. The van der Waals surface area contributed by atoms with Gasteiger partial charge >= 0.3 is 0 Å². The SMILES string of the molecule is Nc1ccn(CCCOc2ccc(Br)cc2Br)n1. The summed E-state index contributed by atoms with van der Waals surface area (Å²) >= 11 is 6.86. The topological polar surface area (TPSA) is 53.1 Å². The number of ether oxygens (including phenoxy) is 1. The van der Waals surface area contributed by atoms with E-state index >= 15 is 0 Å². The molecule has 0 bridgehead atoms. The number of anilines is 1. The summed E-state index contributed by atoms with van der Waals surface area (Å²) in [6.07, 6.45) is 2.74. The van der Waals surface area contributed by atoms with E-state index in [0.29, 0.717) is 12.4 Å². The minimum Gasteiger partial charge on any atom is -0.492 e. The Hall–Kier alpha value is -1.01. The summed E-state index contributed by atoms with van der Waals surface area (Å²) in [5.74, 6) is 1.39. The van der Waals surface area contributed by atoms with Crippen molar-refractivity contribution in [1.82, 2.24) is 9.78 Å². The van der Waals surface area contributed by atoms with Gasteiger partial charge in [-0.25, -0.2) is 0 Å². The van der Waals surface area contributed by atoms with Gasteiger partial charge in [-0.2, -0.15) is 5.10 Å². The van der Waals surface area contributed by atoms with Crippen LogP contribution < -0.4 is 10.5 Å². The minimum absolute atomic E-state index is 0.548. The highest BCUT2D eigenvalue weighted by molar-refractivity contribution is 9.11. The number of benzene rings is 1. The molecule has 0 saturated carbocycles. The van der Waals surface area contributed by atoms with Crippen LogP contribution in [-0.2, 0) is 6.54 Å². The largest absolute Gasteiger partial charge is 0.492 e. The van der Waals surface area contributed by atoms with Crippen molar-refractivity contribution in [3.63, 3.8) is 0 Å². The predicted molar refractivity (Wildman–Crippen MR) is 78.6 cm³/mol. The summed E-state index contributed by atoms with van der Waals surface area (Å²) in [5.41, 5.74) is 5.53. The van der Waals surface area contributed by atoms with E-state index in [2.05, 4.69) is 37.0 Å². The number of hydrogen-bond donors (Lipinski definition) is 1. The van der Waals surface area contributed by atoms with E-state index in [1.807, 2.05) is 29.1 Å². The standard InChI is InChI=1S/C12H13Br2N3O/c13-9-2-3-11(10(14)8-9)18-7-1-5-17-6-4-12(15)16-17/h2-4,6,8H,1,5,7H2,(H2,15,16). The van der Waals surface area contributed by atoms with Crippen LogP contribution in [-0.4, -0.2) is 16.4 Å². The zero-order valence-electron chi connectivity index (χ0n) is 9.64. The van der Waals surface area contributed by atoms with Crippen LogP contribution in [0, 0.1) is 0 Å². The van der Waals surface area contributed by atoms with Gasteiger partial charge in [0.2, 0.25) is 0 Å². The number of aryl methyl sites for hydroxylation is 1. The molecule has 1 aromatic carbocycles. The molecular formula is C12H13Br2N3O. The summed E-state index contributed by atoms with van der Waals surface area (Å²) in [4.78, 5) is 0. The molecule has 2 aromatic rings. The second kappa shape index (κ2) is 6.24. The number of nitrogens with zero attached hydrogens (tertiary/aromatic N) is 2. The Bertz CT molecular complexity index is 528. The van der Waals surface area contributed by atoms with E-state index in [9.17, 15) is 0 Å². The maximum absolute atomic E-state index is 5.68. The number of nitrogens with two attached hydrogens (primary N) is 1. The van der Waals surface area contributed by atoms with Gasteiger partial charge in [0.1, 0.15) is 11.6 Å². The number of hydrogen-bond acceptors (Lipinski definition) is 3. The van der Waals surface area contributed by atoms with Gasteiger partial charge in [0.05, 0.1) is 11.1 Å². The highest BCUT2D eigenvalue weighted by atomic mass is 79.9. The van der Waals surface area contributed by atoms with Crippen molar-refractivity contribution in [2.24, 2.45) is 0 Å². The van der Waals surface area contributed by atoms with Gasteiger partial charge in [-0.15, -0.1) is 0 Å². The second-order valence-corrected chi connectivity index (χ2v) is 5.55. The Morgan fingerprint density at radius 1 is 1.28 bits per heavy atom. The Morgan fingerprint density at radius 2 is 2.11 bits per heavy atom. The monoisotopic (exact) mass is 373 g/mol. The van der Waals surface area contributed by atoms with Gasteiger partial charge < -0.3 is 10.5 Å². The van der Waals surface area contributed by atoms with Gasteiger partial charge in [-0.3, -0.25) is 4.68 Å². The van der Waals surface area contributed by atoms with Gasteiger partial charge in [0.15, 0.2) is 0 Å². The fourth-order valence-electron chi connectivity index (χ4n) is 1.50. The van der Waals surface area contributed by atoms with Crippen LogP contribution in [0.4, 0.5) is 5.82 Å². The van der Waals surface area contributed by atoms with Crippen LogP contribution in [0.3, 0.4) is 0 Å². The molecule has 0 unspecified atom stereocenters. The van der Waals surface area contributed by atoms with Crippen LogP contribution in [0.2, 0.25) is 0 Å². The lowest BCUT2D eigenvalue weighted by molar-refractivity contribution is 0.297. The van der Waals surface area contributed by atoms with Crippen LogP contribution in [0.25, 0.3) is 0 Å². The summed E-state index contributed by atoms with van der Waals surface area (Å²) in [6.45, 7) is 1.44. The third-order valence-corrected chi connectivity index (χ3v) is 3.46. The molecule has 2 rings (SSSR count). The maximum atomic E-state index is 5.68. The molecule has 18 heavy (non-hydrogen) atoms. The molecule has 0 aliphatic rings. The van der Waals surface area contributed by atoms with E-state index < -0.39 is 0 Å². The van der Waals surface area contributed by atoms with E-state index in [0.717, 1.165) is 27.7 Å². The van der Waals surface area contributed by atoms with Crippen LogP contribution in [0.5, 0.6) is 5.75 Å². The first kappa shape index (κ1) is 13.4. The number of aromatic nitrogens is 2. The third-order valence-electron chi connectivity index (χ3n) is 2.34. The van der Waals surface area contributed by atoms with Gasteiger partial charge in [0, 0.05) is 23.6 Å². The first-order valence-electron chi connectivity index (χ1n) is 5.52. The summed E-state index contributed by atoms with van der Waals surface area (Å²) < 4.78 is 9.46. The van der Waals surface area contributed by atoms with E-state index in [1.54, 1.807) is 6.07 Å². The minimum atomic E-state index is 0.548. The second-order valence-electron chi connectivity index (χ2n) is 3.78. The molecular weight excluding hydrogens is 362 g/mol. The normalized spacial score (nSPS) is 10.6. The molecule has 4 nitrogen and oxygen atoms in total. The fraction of sp³-hybridized carbons (Fsp3) is 0.250. The van der Waals surface area contributed by atoms with Crippen molar-refractivity contribution in [3.8, 4) is 5.75 Å². The average molecular weight is 375 g/mol. The van der Waals surface area contributed by atoms with E-state index in [4.69, 9.17) is 10.5 Å². The van der Waals surface area contributed by atoms with Crippen molar-refractivity contribution >= 4 is 37.7 Å². The van der Waals surface area contributed by atoms with Crippen LogP contribution in [0.1, 0.15) is 6.42 Å². The van der Waals surface area contributed by atoms with Crippen molar-refractivity contribution in [2.75, 3.05) is 12.3 Å². The lowest BCUT2D eigenvalue weighted by Gasteiger charge is -2.08. The zero-order chi connectivity index (χ0) is 13.0. The maximum Gasteiger partial charge on any atom is 0.145 e. The van der Waals surface area contributed by atoms with Gasteiger partial charge in [-0.1, -0.05) is 15.9 Å². The highest BCUT2D eigenvalue weighted by Crippen LogP contribution is 2.28. The molecule has 0 aliphatic heterocycles. The fourth-order valence-corrected chi connectivity index (χ4v) is 2.66. The van der Waals surface area contributed by atoms with Crippen molar-refractivity contribution in [1.29, 1.82) is 0 Å². The van der Waals surface area contributed by atoms with Crippen molar-refractivity contribution in [2.45, 2.75) is 13.0 Å². The van der Waals surface area contributed by atoms with E-state index in [-0.39, 0.29) is 0 Å². The quantitative estimate of drug-likeness (QED) is 0.815. The number of nitrogen functional groups attached to an aromatic ring is 1.